The van der Waals surface area contributed by atoms with Crippen LogP contribution < -0.4 is 0 Å². The summed E-state index contributed by atoms with van der Waals surface area (Å²) in [6.07, 6.45) is -1.61. The number of aromatic nitrogens is 4. The van der Waals surface area contributed by atoms with E-state index in [1.807, 2.05) is 0 Å². The van der Waals surface area contributed by atoms with Crippen molar-refractivity contribution in [1.82, 2.24) is 19.7 Å². The van der Waals surface area contributed by atoms with Crippen LogP contribution in [0.5, 0.6) is 0 Å². The normalized spacial score (nSPS) is 11.6. The van der Waals surface area contributed by atoms with E-state index in [9.17, 15) is 18.0 Å². The van der Waals surface area contributed by atoms with E-state index in [1.165, 1.54) is 43.2 Å². The van der Waals surface area contributed by atoms with Crippen molar-refractivity contribution in [3.8, 4) is 16.9 Å². The zero-order valence-electron chi connectivity index (χ0n) is 15.9. The van der Waals surface area contributed by atoms with Gasteiger partial charge in [-0.3, -0.25) is 4.98 Å². The lowest BCUT2D eigenvalue weighted by Crippen LogP contribution is -2.08. The Morgan fingerprint density at radius 3 is 2.33 bits per heavy atom. The molecule has 0 amide bonds. The minimum atomic E-state index is -4.59. The molecular weight excluding hydrogens is 397 g/mol. The average Bonchev–Trinajstić information content (AvgIpc) is 3.09. The predicted molar refractivity (Wildman–Crippen MR) is 103 cm³/mol. The van der Waals surface area contributed by atoms with Crippen LogP contribution in [-0.2, 0) is 10.9 Å². The summed E-state index contributed by atoms with van der Waals surface area (Å²) in [4.78, 5) is 20.0. The molecule has 0 aliphatic carbocycles. The lowest BCUT2D eigenvalue weighted by molar-refractivity contribution is -0.136. The van der Waals surface area contributed by atoms with Gasteiger partial charge in [-0.2, -0.15) is 18.3 Å². The van der Waals surface area contributed by atoms with Crippen molar-refractivity contribution < 1.29 is 22.7 Å². The molecule has 9 heteroatoms. The second-order valence-corrected chi connectivity index (χ2v) is 6.52. The number of alkyl halides is 3. The summed E-state index contributed by atoms with van der Waals surface area (Å²) >= 11 is 0. The van der Waals surface area contributed by atoms with Gasteiger partial charge < -0.3 is 4.74 Å². The lowest BCUT2D eigenvalue weighted by Gasteiger charge is -2.12. The van der Waals surface area contributed by atoms with Crippen molar-refractivity contribution in [3.05, 3.63) is 71.7 Å². The lowest BCUT2D eigenvalue weighted by atomic mass is 10.1. The van der Waals surface area contributed by atoms with Gasteiger partial charge in [0.2, 0.25) is 0 Å². The number of pyridine rings is 2. The minimum absolute atomic E-state index is 0.0694. The molecule has 3 heterocycles. The van der Waals surface area contributed by atoms with E-state index in [2.05, 4.69) is 19.8 Å². The summed E-state index contributed by atoms with van der Waals surface area (Å²) in [5.41, 5.74) is 0.898. The Labute approximate surface area is 169 Å². The first-order valence-electron chi connectivity index (χ1n) is 8.86. The Hall–Kier alpha value is -3.75. The fourth-order valence-corrected chi connectivity index (χ4v) is 3.22. The van der Waals surface area contributed by atoms with Gasteiger partial charge in [-0.25, -0.2) is 14.5 Å². The summed E-state index contributed by atoms with van der Waals surface area (Å²) in [6, 6.07) is 10.4. The molecule has 30 heavy (non-hydrogen) atoms. The van der Waals surface area contributed by atoms with Crippen LogP contribution in [0, 0.1) is 6.92 Å². The van der Waals surface area contributed by atoms with Gasteiger partial charge in [-0.15, -0.1) is 0 Å². The molecule has 152 valence electrons. The summed E-state index contributed by atoms with van der Waals surface area (Å²) in [6.45, 7) is 1.50. The van der Waals surface area contributed by atoms with Crippen LogP contribution in [0.3, 0.4) is 0 Å². The quantitative estimate of drug-likeness (QED) is 0.460. The van der Waals surface area contributed by atoms with Crippen LogP contribution in [-0.4, -0.2) is 32.8 Å². The van der Waals surface area contributed by atoms with Gasteiger partial charge >= 0.3 is 12.1 Å². The monoisotopic (exact) mass is 412 g/mol. The molecule has 0 fully saturated rings. The topological polar surface area (TPSA) is 69.9 Å². The third-order valence-electron chi connectivity index (χ3n) is 4.63. The number of hydrogen-bond donors (Lipinski definition) is 0. The Bertz CT molecular complexity index is 1230. The predicted octanol–water partition coefficient (Wildman–Crippen LogP) is 4.60. The molecule has 0 spiro atoms. The molecule has 0 aliphatic rings. The van der Waals surface area contributed by atoms with E-state index in [1.54, 1.807) is 24.3 Å². The molecule has 0 N–H and O–H groups in total. The maximum atomic E-state index is 13.9. The molecular formula is C21H15F3N4O2. The average molecular weight is 412 g/mol. The molecule has 6 nitrogen and oxygen atoms in total. The van der Waals surface area contributed by atoms with Gasteiger partial charge in [-0.05, 0) is 49.4 Å². The Morgan fingerprint density at radius 2 is 1.73 bits per heavy atom. The van der Waals surface area contributed by atoms with Crippen LogP contribution >= 0.6 is 0 Å². The molecule has 0 saturated carbocycles. The number of ether oxygens (including phenoxy) is 1. The molecule has 1 aromatic carbocycles. The molecule has 0 radical (unpaired) electrons. The van der Waals surface area contributed by atoms with E-state index in [4.69, 9.17) is 0 Å². The van der Waals surface area contributed by atoms with E-state index in [-0.39, 0.29) is 22.4 Å². The number of hydrogen-bond acceptors (Lipinski definition) is 5. The fraction of sp³-hybridized carbons (Fsp3) is 0.143. The minimum Gasteiger partial charge on any atom is -0.465 e. The van der Waals surface area contributed by atoms with Crippen molar-refractivity contribution in [3.63, 3.8) is 0 Å². The first kappa shape index (κ1) is 19.6. The molecule has 0 aliphatic heterocycles. The SMILES string of the molecule is COC(=O)c1ccc(-n2nc(C)c3c(C(F)(F)F)cc(-c4ccncc4)nc32)cc1. The number of methoxy groups -OCH3 is 1. The first-order valence-corrected chi connectivity index (χ1v) is 8.86. The van der Waals surface area contributed by atoms with Crippen molar-refractivity contribution in [1.29, 1.82) is 0 Å². The second-order valence-electron chi connectivity index (χ2n) is 6.52. The summed E-state index contributed by atoms with van der Waals surface area (Å²) in [5.74, 6) is -0.513. The van der Waals surface area contributed by atoms with Crippen LogP contribution in [0.1, 0.15) is 21.6 Å². The van der Waals surface area contributed by atoms with Crippen LogP contribution in [0.15, 0.2) is 54.9 Å². The number of halogens is 3. The number of esters is 1. The molecule has 0 atom stereocenters. The number of carbonyl (C=O) groups excluding carboxylic acids is 1. The number of rotatable bonds is 3. The van der Waals surface area contributed by atoms with Crippen molar-refractivity contribution in [2.75, 3.05) is 7.11 Å². The zero-order valence-corrected chi connectivity index (χ0v) is 15.9. The number of fused-ring (bicyclic) bond motifs is 1. The van der Waals surface area contributed by atoms with E-state index in [0.29, 0.717) is 16.8 Å². The smallest absolute Gasteiger partial charge is 0.417 e. The maximum absolute atomic E-state index is 13.9. The third kappa shape index (κ3) is 3.38. The van der Waals surface area contributed by atoms with Crippen LogP contribution in [0.25, 0.3) is 28.0 Å². The summed E-state index contributed by atoms with van der Waals surface area (Å²) < 4.78 is 47.6. The van der Waals surface area contributed by atoms with E-state index >= 15 is 0 Å². The molecule has 0 saturated heterocycles. The number of nitrogens with zero attached hydrogens (tertiary/aromatic N) is 4. The molecule has 4 rings (SSSR count). The summed E-state index contributed by atoms with van der Waals surface area (Å²) in [7, 11) is 1.27. The van der Waals surface area contributed by atoms with Crippen LogP contribution in [0.2, 0.25) is 0 Å². The standard InChI is InChI=1S/C21H15F3N4O2/c1-12-18-16(21(22,23)24)11-17(13-7-9-25-10-8-13)26-19(18)28(27-12)15-5-3-14(4-6-15)20(29)30-2/h3-11H,1-2H3. The highest BCUT2D eigenvalue weighted by Crippen LogP contribution is 2.38. The second kappa shape index (κ2) is 7.25. The Balaban J connectivity index is 1.97. The highest BCUT2D eigenvalue weighted by molar-refractivity contribution is 5.90. The van der Waals surface area contributed by atoms with E-state index in [0.717, 1.165) is 6.07 Å². The van der Waals surface area contributed by atoms with Gasteiger partial charge in [0.05, 0.1) is 40.7 Å². The molecule has 0 bridgehead atoms. The largest absolute Gasteiger partial charge is 0.465 e. The molecule has 4 aromatic rings. The van der Waals surface area contributed by atoms with Gasteiger partial charge in [0.1, 0.15) is 0 Å². The highest BCUT2D eigenvalue weighted by atomic mass is 19.4. The number of aryl methyl sites for hydroxylation is 1. The highest BCUT2D eigenvalue weighted by Gasteiger charge is 2.35. The van der Waals surface area contributed by atoms with Gasteiger partial charge in [0.15, 0.2) is 5.65 Å². The zero-order chi connectivity index (χ0) is 21.5. The first-order chi connectivity index (χ1) is 14.3. The summed E-state index contributed by atoms with van der Waals surface area (Å²) in [5, 5.41) is 4.22. The number of carbonyl (C=O) groups is 1. The van der Waals surface area contributed by atoms with Gasteiger partial charge in [0.25, 0.3) is 0 Å². The fourth-order valence-electron chi connectivity index (χ4n) is 3.22. The molecule has 3 aromatic heterocycles. The van der Waals surface area contributed by atoms with Crippen LogP contribution in [0.4, 0.5) is 13.2 Å². The third-order valence-corrected chi connectivity index (χ3v) is 4.63. The Kier molecular flexibility index (Phi) is 4.73. The van der Waals surface area contributed by atoms with Gasteiger partial charge in [-0.1, -0.05) is 0 Å². The maximum Gasteiger partial charge on any atom is 0.417 e. The van der Waals surface area contributed by atoms with Crippen molar-refractivity contribution >= 4 is 17.0 Å². The van der Waals surface area contributed by atoms with Crippen molar-refractivity contribution in [2.24, 2.45) is 0 Å². The number of benzene rings is 1. The molecule has 0 unspecified atom stereocenters. The van der Waals surface area contributed by atoms with Gasteiger partial charge in [0, 0.05) is 18.0 Å². The Morgan fingerprint density at radius 1 is 1.07 bits per heavy atom. The van der Waals surface area contributed by atoms with Crippen molar-refractivity contribution in [2.45, 2.75) is 13.1 Å². The van der Waals surface area contributed by atoms with E-state index < -0.39 is 17.7 Å².